The van der Waals surface area contributed by atoms with Crippen molar-refractivity contribution in [3.8, 4) is 0 Å². The van der Waals surface area contributed by atoms with Crippen LogP contribution in [-0.4, -0.2) is 32.4 Å². The van der Waals surface area contributed by atoms with Gasteiger partial charge >= 0.3 is 6.09 Å². The van der Waals surface area contributed by atoms with Crippen LogP contribution in [0, 0.1) is 0 Å². The molecule has 6 nitrogen and oxygen atoms in total. The van der Waals surface area contributed by atoms with Gasteiger partial charge in [0, 0.05) is 5.92 Å². The minimum atomic E-state index is -0.553. The predicted octanol–water partition coefficient (Wildman–Crippen LogP) is 3.23. The molecule has 1 saturated carbocycles. The number of hydrogen-bond acceptors (Lipinski definition) is 5. The monoisotopic (exact) mass is 307 g/mol. The van der Waals surface area contributed by atoms with Crippen molar-refractivity contribution in [2.75, 3.05) is 5.32 Å². The summed E-state index contributed by atoms with van der Waals surface area (Å²) in [5.74, 6) is 0.698. The van der Waals surface area contributed by atoms with Crippen LogP contribution in [0.2, 0.25) is 0 Å². The summed E-state index contributed by atoms with van der Waals surface area (Å²) in [5, 5.41) is 12.5. The van der Waals surface area contributed by atoms with Crippen LogP contribution >= 0.6 is 0 Å². The average Bonchev–Trinajstić information content (AvgIpc) is 2.37. The van der Waals surface area contributed by atoms with Gasteiger partial charge in [0.05, 0.1) is 23.7 Å². The summed E-state index contributed by atoms with van der Waals surface area (Å²) in [5.41, 5.74) is -0.191. The maximum Gasteiger partial charge on any atom is 0.413 e. The smallest absolute Gasteiger partial charge is 0.413 e. The van der Waals surface area contributed by atoms with Crippen molar-refractivity contribution in [1.29, 1.82) is 0 Å². The third-order valence-electron chi connectivity index (χ3n) is 3.78. The van der Waals surface area contributed by atoms with Crippen molar-refractivity contribution in [1.82, 2.24) is 9.97 Å². The van der Waals surface area contributed by atoms with E-state index in [1.807, 2.05) is 6.92 Å². The van der Waals surface area contributed by atoms with Crippen LogP contribution in [0.25, 0.3) is 0 Å². The Labute approximate surface area is 131 Å². The van der Waals surface area contributed by atoms with Gasteiger partial charge in [-0.2, -0.15) is 0 Å². The van der Waals surface area contributed by atoms with Gasteiger partial charge in [0.2, 0.25) is 0 Å². The number of aromatic nitrogens is 2. The maximum absolute atomic E-state index is 11.7. The molecule has 0 radical (unpaired) electrons. The Kier molecular flexibility index (Phi) is 4.70. The SMILES string of the molecule is CC(C)(C)OC(=O)Nc1cnc([C@H]2CC[C@](C)(O)CC2)cn1. The Balaban J connectivity index is 1.92. The Hall–Kier alpha value is -1.69. The fraction of sp³-hybridized carbons (Fsp3) is 0.688. The summed E-state index contributed by atoms with van der Waals surface area (Å²) in [6.45, 7) is 7.29. The molecule has 0 aliphatic heterocycles. The molecule has 0 unspecified atom stereocenters. The minimum absolute atomic E-state index is 0.323. The van der Waals surface area contributed by atoms with Gasteiger partial charge in [-0.1, -0.05) is 0 Å². The Morgan fingerprint density at radius 2 is 1.95 bits per heavy atom. The van der Waals surface area contributed by atoms with Crippen LogP contribution in [-0.2, 0) is 4.74 Å². The van der Waals surface area contributed by atoms with E-state index < -0.39 is 17.3 Å². The van der Waals surface area contributed by atoms with Gasteiger partial charge < -0.3 is 9.84 Å². The number of hydrogen-bond donors (Lipinski definition) is 2. The molecular formula is C16H25N3O3. The van der Waals surface area contributed by atoms with E-state index in [0.717, 1.165) is 31.4 Å². The van der Waals surface area contributed by atoms with Crippen LogP contribution < -0.4 is 5.32 Å². The van der Waals surface area contributed by atoms with E-state index in [0.29, 0.717) is 11.7 Å². The first kappa shape index (κ1) is 16.7. The number of anilines is 1. The summed E-state index contributed by atoms with van der Waals surface area (Å²) >= 11 is 0. The minimum Gasteiger partial charge on any atom is -0.444 e. The second-order valence-electron chi connectivity index (χ2n) is 7.22. The first-order chi connectivity index (χ1) is 10.1. The van der Waals surface area contributed by atoms with Crippen molar-refractivity contribution in [2.24, 2.45) is 0 Å². The number of ether oxygens (including phenoxy) is 1. The average molecular weight is 307 g/mol. The molecule has 0 saturated heterocycles. The van der Waals surface area contributed by atoms with E-state index in [2.05, 4.69) is 15.3 Å². The topological polar surface area (TPSA) is 84.3 Å². The van der Waals surface area contributed by atoms with Crippen LogP contribution in [0.1, 0.15) is 65.0 Å². The molecule has 0 bridgehead atoms. The molecule has 0 spiro atoms. The molecule has 1 heterocycles. The van der Waals surface area contributed by atoms with Crippen molar-refractivity contribution >= 4 is 11.9 Å². The molecule has 1 fully saturated rings. The molecule has 22 heavy (non-hydrogen) atoms. The fourth-order valence-electron chi connectivity index (χ4n) is 2.56. The molecule has 1 aromatic heterocycles. The molecule has 6 heteroatoms. The van der Waals surface area contributed by atoms with Gasteiger partial charge in [0.25, 0.3) is 0 Å². The van der Waals surface area contributed by atoms with Gasteiger partial charge in [-0.25, -0.2) is 9.78 Å². The van der Waals surface area contributed by atoms with Crippen molar-refractivity contribution < 1.29 is 14.6 Å². The third kappa shape index (κ3) is 4.94. The summed E-state index contributed by atoms with van der Waals surface area (Å²) in [6.07, 6.45) is 6.06. The van der Waals surface area contributed by atoms with Crippen molar-refractivity contribution in [3.05, 3.63) is 18.1 Å². The van der Waals surface area contributed by atoms with E-state index in [4.69, 9.17) is 4.74 Å². The highest BCUT2D eigenvalue weighted by Gasteiger charge is 2.30. The van der Waals surface area contributed by atoms with Crippen LogP contribution in [0.3, 0.4) is 0 Å². The molecule has 2 rings (SSSR count). The lowest BCUT2D eigenvalue weighted by Gasteiger charge is -2.32. The maximum atomic E-state index is 11.7. The van der Waals surface area contributed by atoms with E-state index >= 15 is 0 Å². The lowest BCUT2D eigenvalue weighted by molar-refractivity contribution is 0.0168. The Morgan fingerprint density at radius 1 is 1.32 bits per heavy atom. The van der Waals surface area contributed by atoms with Crippen molar-refractivity contribution in [3.63, 3.8) is 0 Å². The quantitative estimate of drug-likeness (QED) is 0.876. The van der Waals surface area contributed by atoms with Gasteiger partial charge in [-0.3, -0.25) is 10.3 Å². The number of amides is 1. The highest BCUT2D eigenvalue weighted by atomic mass is 16.6. The number of nitrogens with zero attached hydrogens (tertiary/aromatic N) is 2. The molecule has 122 valence electrons. The van der Waals surface area contributed by atoms with E-state index in [1.54, 1.807) is 33.2 Å². The summed E-state index contributed by atoms with van der Waals surface area (Å²) in [6, 6.07) is 0. The second kappa shape index (κ2) is 6.20. The molecule has 1 aliphatic rings. The van der Waals surface area contributed by atoms with Crippen LogP contribution in [0.15, 0.2) is 12.4 Å². The lowest BCUT2D eigenvalue weighted by atomic mass is 9.79. The van der Waals surface area contributed by atoms with Gasteiger partial charge in [-0.15, -0.1) is 0 Å². The molecule has 1 amide bonds. The highest BCUT2D eigenvalue weighted by molar-refractivity contribution is 5.83. The lowest BCUT2D eigenvalue weighted by Crippen LogP contribution is -2.30. The van der Waals surface area contributed by atoms with E-state index in [-0.39, 0.29) is 0 Å². The van der Waals surface area contributed by atoms with Crippen LogP contribution in [0.4, 0.5) is 10.6 Å². The number of rotatable bonds is 2. The number of aliphatic hydroxyl groups is 1. The molecule has 0 aromatic carbocycles. The Bertz CT molecular complexity index is 510. The standard InChI is InChI=1S/C16H25N3O3/c1-15(2,3)22-14(20)19-13-10-17-12(9-18-13)11-5-7-16(4,21)8-6-11/h9-11,21H,5-8H2,1-4H3,(H,18,19,20)/t11-,16-. The number of nitrogens with one attached hydrogen (secondary N) is 1. The largest absolute Gasteiger partial charge is 0.444 e. The molecule has 0 atom stereocenters. The number of carbonyl (C=O) groups is 1. The predicted molar refractivity (Wildman–Crippen MR) is 83.7 cm³/mol. The summed E-state index contributed by atoms with van der Waals surface area (Å²) in [7, 11) is 0. The zero-order valence-electron chi connectivity index (χ0n) is 13.7. The number of carbonyl (C=O) groups excluding carboxylic acids is 1. The van der Waals surface area contributed by atoms with E-state index in [9.17, 15) is 9.90 Å². The van der Waals surface area contributed by atoms with Gasteiger partial charge in [0.1, 0.15) is 5.60 Å². The normalized spacial score (nSPS) is 25.6. The van der Waals surface area contributed by atoms with Gasteiger partial charge in [-0.05, 0) is 53.4 Å². The van der Waals surface area contributed by atoms with Crippen LogP contribution in [0.5, 0.6) is 0 Å². The van der Waals surface area contributed by atoms with Gasteiger partial charge in [0.15, 0.2) is 5.82 Å². The third-order valence-corrected chi connectivity index (χ3v) is 3.78. The first-order valence-corrected chi connectivity index (χ1v) is 7.69. The highest BCUT2D eigenvalue weighted by Crippen LogP contribution is 2.36. The Morgan fingerprint density at radius 3 is 2.45 bits per heavy atom. The van der Waals surface area contributed by atoms with Crippen molar-refractivity contribution in [2.45, 2.75) is 70.5 Å². The molecule has 1 aromatic rings. The summed E-state index contributed by atoms with van der Waals surface area (Å²) in [4.78, 5) is 20.3. The zero-order valence-corrected chi connectivity index (χ0v) is 13.7. The summed E-state index contributed by atoms with van der Waals surface area (Å²) < 4.78 is 5.17. The fourth-order valence-corrected chi connectivity index (χ4v) is 2.56. The second-order valence-corrected chi connectivity index (χ2v) is 7.22. The zero-order chi connectivity index (χ0) is 16.4. The molecular weight excluding hydrogens is 282 g/mol. The molecule has 1 aliphatic carbocycles. The first-order valence-electron chi connectivity index (χ1n) is 7.69. The van der Waals surface area contributed by atoms with E-state index in [1.165, 1.54) is 0 Å². The molecule has 2 N–H and O–H groups in total.